The van der Waals surface area contributed by atoms with E-state index in [-0.39, 0.29) is 5.91 Å². The minimum absolute atomic E-state index is 0.0536. The molecule has 110 valence electrons. The Morgan fingerprint density at radius 1 is 1.45 bits per heavy atom. The van der Waals surface area contributed by atoms with Crippen molar-refractivity contribution < 1.29 is 4.79 Å². The third-order valence-electron chi connectivity index (χ3n) is 4.44. The Kier molecular flexibility index (Phi) is 3.83. The zero-order chi connectivity index (χ0) is 14.1. The number of hydrogen-bond donors (Lipinski definition) is 3. The van der Waals surface area contributed by atoms with E-state index in [1.807, 2.05) is 0 Å². The number of nitrogens with zero attached hydrogens (tertiary/aromatic N) is 1. The third-order valence-corrected chi connectivity index (χ3v) is 5.47. The lowest BCUT2D eigenvalue weighted by atomic mass is 9.95. The van der Waals surface area contributed by atoms with Crippen molar-refractivity contribution in [2.45, 2.75) is 45.1 Å². The van der Waals surface area contributed by atoms with Crippen molar-refractivity contribution >= 4 is 28.2 Å². The number of rotatable bonds is 5. The van der Waals surface area contributed by atoms with Gasteiger partial charge in [0.2, 0.25) is 0 Å². The highest BCUT2D eigenvalue weighted by atomic mass is 32.1. The topological polar surface area (TPSA) is 80.0 Å². The summed E-state index contributed by atoms with van der Waals surface area (Å²) in [5, 5.41) is 7.08. The quantitative estimate of drug-likeness (QED) is 0.779. The van der Waals surface area contributed by atoms with Gasteiger partial charge in [-0.25, -0.2) is 4.98 Å². The van der Waals surface area contributed by atoms with E-state index in [2.05, 4.69) is 22.5 Å². The molecule has 0 aromatic carbocycles. The van der Waals surface area contributed by atoms with Crippen LogP contribution < -0.4 is 16.4 Å². The Morgan fingerprint density at radius 2 is 2.30 bits per heavy atom. The predicted molar refractivity (Wildman–Crippen MR) is 82.0 cm³/mol. The maximum atomic E-state index is 12.3. The van der Waals surface area contributed by atoms with E-state index in [0.29, 0.717) is 22.7 Å². The van der Waals surface area contributed by atoms with Gasteiger partial charge < -0.3 is 16.4 Å². The van der Waals surface area contributed by atoms with Gasteiger partial charge in [-0.1, -0.05) is 24.7 Å². The highest BCUT2D eigenvalue weighted by Crippen LogP contribution is 2.44. The molecule has 2 fully saturated rings. The summed E-state index contributed by atoms with van der Waals surface area (Å²) < 4.78 is 0. The Hall–Kier alpha value is -1.30. The lowest BCUT2D eigenvalue weighted by Crippen LogP contribution is -2.38. The predicted octanol–water partition coefficient (Wildman–Crippen LogP) is 2.47. The zero-order valence-electron chi connectivity index (χ0n) is 11.8. The average Bonchev–Trinajstić information content (AvgIpc) is 3.11. The molecule has 1 aromatic rings. The molecule has 4 N–H and O–H groups in total. The maximum absolute atomic E-state index is 12.3. The number of hydrogen-bond acceptors (Lipinski definition) is 5. The molecule has 3 unspecified atom stereocenters. The first-order valence-corrected chi connectivity index (χ1v) is 8.30. The van der Waals surface area contributed by atoms with Crippen molar-refractivity contribution in [3.05, 3.63) is 4.88 Å². The van der Waals surface area contributed by atoms with Crippen molar-refractivity contribution in [2.24, 2.45) is 11.8 Å². The van der Waals surface area contributed by atoms with Crippen LogP contribution in [0.15, 0.2) is 0 Å². The first kappa shape index (κ1) is 13.7. The Labute approximate surface area is 123 Å². The second kappa shape index (κ2) is 5.60. The Bertz CT molecular complexity index is 501. The number of amides is 1. The van der Waals surface area contributed by atoms with Gasteiger partial charge in [0.25, 0.3) is 5.91 Å². The first-order chi connectivity index (χ1) is 9.67. The maximum Gasteiger partial charge on any atom is 0.265 e. The number of carbonyl (C=O) groups excluding carboxylic acids is 1. The van der Waals surface area contributed by atoms with E-state index in [9.17, 15) is 4.79 Å². The number of nitrogen functional groups attached to an aromatic ring is 1. The van der Waals surface area contributed by atoms with Gasteiger partial charge in [-0.3, -0.25) is 4.79 Å². The summed E-state index contributed by atoms with van der Waals surface area (Å²) in [6.07, 6.45) is 6.04. The fraction of sp³-hybridized carbons (Fsp3) is 0.714. The van der Waals surface area contributed by atoms with Crippen molar-refractivity contribution in [3.63, 3.8) is 0 Å². The molecule has 0 radical (unpaired) electrons. The monoisotopic (exact) mass is 294 g/mol. The van der Waals surface area contributed by atoms with Gasteiger partial charge in [-0.15, -0.1) is 0 Å². The summed E-state index contributed by atoms with van der Waals surface area (Å²) in [7, 11) is 0. The number of carbonyl (C=O) groups is 1. The van der Waals surface area contributed by atoms with Gasteiger partial charge >= 0.3 is 0 Å². The van der Waals surface area contributed by atoms with Crippen molar-refractivity contribution in [1.82, 2.24) is 10.3 Å². The van der Waals surface area contributed by atoms with Gasteiger partial charge in [-0.05, 0) is 37.5 Å². The SMILES string of the molecule is CCCNc1nc(N)c(C(=O)NC2CC3CCC2C3)s1. The summed E-state index contributed by atoms with van der Waals surface area (Å²) in [4.78, 5) is 17.1. The highest BCUT2D eigenvalue weighted by Gasteiger charge is 2.40. The van der Waals surface area contributed by atoms with Gasteiger partial charge in [-0.2, -0.15) is 0 Å². The Balaban J connectivity index is 1.63. The fourth-order valence-corrected chi connectivity index (χ4v) is 4.27. The van der Waals surface area contributed by atoms with Crippen LogP contribution >= 0.6 is 11.3 Å². The molecule has 0 aliphatic heterocycles. The minimum atomic E-state index is -0.0536. The molecular formula is C14H22N4OS. The molecule has 3 rings (SSSR count). The molecular weight excluding hydrogens is 272 g/mol. The molecule has 6 heteroatoms. The van der Waals surface area contributed by atoms with Crippen LogP contribution in [0.1, 0.15) is 48.7 Å². The first-order valence-electron chi connectivity index (χ1n) is 7.48. The largest absolute Gasteiger partial charge is 0.382 e. The van der Waals surface area contributed by atoms with Crippen LogP contribution in [0.4, 0.5) is 10.9 Å². The summed E-state index contributed by atoms with van der Waals surface area (Å²) in [5.41, 5.74) is 5.86. The fourth-order valence-electron chi connectivity index (χ4n) is 3.46. The van der Waals surface area contributed by atoms with Crippen LogP contribution in [0.5, 0.6) is 0 Å². The molecule has 2 saturated carbocycles. The minimum Gasteiger partial charge on any atom is -0.382 e. The Morgan fingerprint density at radius 3 is 2.95 bits per heavy atom. The van der Waals surface area contributed by atoms with E-state index in [1.54, 1.807) is 0 Å². The van der Waals surface area contributed by atoms with Crippen LogP contribution in [0.3, 0.4) is 0 Å². The lowest BCUT2D eigenvalue weighted by Gasteiger charge is -2.22. The summed E-state index contributed by atoms with van der Waals surface area (Å²) >= 11 is 1.35. The number of aromatic nitrogens is 1. The van der Waals surface area contributed by atoms with E-state index >= 15 is 0 Å². The van der Waals surface area contributed by atoms with Crippen molar-refractivity contribution in [1.29, 1.82) is 0 Å². The molecule has 3 atom stereocenters. The van der Waals surface area contributed by atoms with Crippen LogP contribution in [-0.2, 0) is 0 Å². The second-order valence-corrected chi connectivity index (χ2v) is 6.91. The molecule has 2 aliphatic carbocycles. The van der Waals surface area contributed by atoms with Gasteiger partial charge in [0.05, 0.1) is 0 Å². The molecule has 0 spiro atoms. The lowest BCUT2D eigenvalue weighted by molar-refractivity contribution is 0.0928. The summed E-state index contributed by atoms with van der Waals surface area (Å²) in [5.74, 6) is 1.79. The number of thiazole rings is 1. The van der Waals surface area contributed by atoms with E-state index in [0.717, 1.165) is 30.4 Å². The van der Waals surface area contributed by atoms with Crippen molar-refractivity contribution in [3.8, 4) is 0 Å². The average molecular weight is 294 g/mol. The normalized spacial score (nSPS) is 27.8. The van der Waals surface area contributed by atoms with Gasteiger partial charge in [0, 0.05) is 12.6 Å². The number of nitrogens with one attached hydrogen (secondary N) is 2. The molecule has 2 bridgehead atoms. The summed E-state index contributed by atoms with van der Waals surface area (Å²) in [6, 6.07) is 0.342. The van der Waals surface area contributed by atoms with E-state index in [1.165, 1.54) is 30.6 Å². The molecule has 2 aliphatic rings. The van der Waals surface area contributed by atoms with Gasteiger partial charge in [0.15, 0.2) is 5.13 Å². The number of nitrogens with two attached hydrogens (primary N) is 1. The van der Waals surface area contributed by atoms with E-state index < -0.39 is 0 Å². The van der Waals surface area contributed by atoms with Crippen LogP contribution in [0, 0.1) is 11.8 Å². The molecule has 1 heterocycles. The second-order valence-electron chi connectivity index (χ2n) is 5.91. The van der Waals surface area contributed by atoms with E-state index in [4.69, 9.17) is 5.73 Å². The molecule has 1 aromatic heterocycles. The van der Waals surface area contributed by atoms with Crippen molar-refractivity contribution in [2.75, 3.05) is 17.6 Å². The molecule has 0 saturated heterocycles. The smallest absolute Gasteiger partial charge is 0.265 e. The molecule has 20 heavy (non-hydrogen) atoms. The van der Waals surface area contributed by atoms with Crippen LogP contribution in [-0.4, -0.2) is 23.5 Å². The number of anilines is 2. The molecule has 1 amide bonds. The highest BCUT2D eigenvalue weighted by molar-refractivity contribution is 7.18. The standard InChI is InChI=1S/C14H22N4OS/c1-2-5-16-14-18-12(15)11(20-14)13(19)17-10-7-8-3-4-9(10)6-8/h8-10H,2-7,15H2,1H3,(H,16,18)(H,17,19). The van der Waals surface area contributed by atoms with Crippen LogP contribution in [0.25, 0.3) is 0 Å². The third kappa shape index (κ3) is 2.61. The molecule has 5 nitrogen and oxygen atoms in total. The number of fused-ring (bicyclic) bond motifs is 2. The zero-order valence-corrected chi connectivity index (χ0v) is 12.6. The van der Waals surface area contributed by atoms with Gasteiger partial charge in [0.1, 0.15) is 10.7 Å². The van der Waals surface area contributed by atoms with Crippen LogP contribution in [0.2, 0.25) is 0 Å². The summed E-state index contributed by atoms with van der Waals surface area (Å²) in [6.45, 7) is 2.94.